The molecule has 0 atom stereocenters. The zero-order chi connectivity index (χ0) is 14.2. The molecule has 0 saturated carbocycles. The number of aromatic nitrogens is 1. The summed E-state index contributed by atoms with van der Waals surface area (Å²) in [6.07, 6.45) is 1.86. The molecule has 0 spiro atoms. The van der Waals surface area contributed by atoms with Gasteiger partial charge < -0.3 is 5.73 Å². The van der Waals surface area contributed by atoms with Crippen LogP contribution in [0.2, 0.25) is 0 Å². The van der Waals surface area contributed by atoms with Crippen LogP contribution >= 0.6 is 0 Å². The lowest BCUT2D eigenvalue weighted by atomic mass is 9.78. The van der Waals surface area contributed by atoms with Gasteiger partial charge in [-0.2, -0.15) is 0 Å². The Bertz CT molecular complexity index is 605. The van der Waals surface area contributed by atoms with Crippen molar-refractivity contribution in [2.75, 3.05) is 12.3 Å². The van der Waals surface area contributed by atoms with Gasteiger partial charge in [0.15, 0.2) is 0 Å². The van der Waals surface area contributed by atoms with Crippen LogP contribution in [0, 0.1) is 0 Å². The van der Waals surface area contributed by atoms with Gasteiger partial charge in [-0.05, 0) is 35.4 Å². The van der Waals surface area contributed by atoms with E-state index in [1.165, 1.54) is 11.1 Å². The molecule has 3 nitrogen and oxygen atoms in total. The fourth-order valence-electron chi connectivity index (χ4n) is 3.18. The van der Waals surface area contributed by atoms with Gasteiger partial charge in [0.25, 0.3) is 0 Å². The zero-order valence-corrected chi connectivity index (χ0v) is 12.1. The van der Waals surface area contributed by atoms with Crippen LogP contribution in [0.1, 0.15) is 30.7 Å². The Morgan fingerprint density at radius 3 is 2.85 bits per heavy atom. The number of nitrogen functional groups attached to an aromatic ring is 1. The Hall–Kier alpha value is -1.87. The van der Waals surface area contributed by atoms with E-state index in [0.717, 1.165) is 31.0 Å². The summed E-state index contributed by atoms with van der Waals surface area (Å²) < 4.78 is 0. The van der Waals surface area contributed by atoms with Crippen molar-refractivity contribution in [1.82, 2.24) is 9.88 Å². The van der Waals surface area contributed by atoms with E-state index in [0.29, 0.717) is 0 Å². The third-order valence-corrected chi connectivity index (χ3v) is 3.98. The van der Waals surface area contributed by atoms with E-state index in [1.807, 2.05) is 24.4 Å². The highest BCUT2D eigenvalue weighted by atomic mass is 15.1. The van der Waals surface area contributed by atoms with E-state index >= 15 is 0 Å². The average Bonchev–Trinajstić information content (AvgIpc) is 2.38. The summed E-state index contributed by atoms with van der Waals surface area (Å²) in [7, 11) is 0. The molecule has 2 N–H and O–H groups in total. The quantitative estimate of drug-likeness (QED) is 0.851. The summed E-state index contributed by atoms with van der Waals surface area (Å²) in [4.78, 5) is 6.88. The summed E-state index contributed by atoms with van der Waals surface area (Å²) >= 11 is 0. The van der Waals surface area contributed by atoms with Crippen molar-refractivity contribution in [3.63, 3.8) is 0 Å². The van der Waals surface area contributed by atoms with Gasteiger partial charge in [-0.25, -0.2) is 0 Å². The molecule has 1 aromatic carbocycles. The Labute approximate surface area is 120 Å². The van der Waals surface area contributed by atoms with Crippen molar-refractivity contribution >= 4 is 5.69 Å². The maximum absolute atomic E-state index is 5.94. The highest BCUT2D eigenvalue weighted by Crippen LogP contribution is 2.34. The van der Waals surface area contributed by atoms with Crippen molar-refractivity contribution in [3.05, 3.63) is 59.4 Å². The summed E-state index contributed by atoms with van der Waals surface area (Å²) in [5.41, 5.74) is 10.8. The van der Waals surface area contributed by atoms with Crippen LogP contribution in [0.25, 0.3) is 0 Å². The van der Waals surface area contributed by atoms with E-state index in [4.69, 9.17) is 5.73 Å². The minimum Gasteiger partial charge on any atom is -0.399 e. The molecule has 1 aliphatic rings. The summed E-state index contributed by atoms with van der Waals surface area (Å²) in [5, 5.41) is 0. The molecule has 0 radical (unpaired) electrons. The molecule has 0 fully saturated rings. The van der Waals surface area contributed by atoms with Crippen LogP contribution in [0.15, 0.2) is 42.6 Å². The molecule has 0 unspecified atom stereocenters. The molecule has 0 amide bonds. The molecule has 104 valence electrons. The van der Waals surface area contributed by atoms with Crippen LogP contribution in [0.5, 0.6) is 0 Å². The molecule has 20 heavy (non-hydrogen) atoms. The third-order valence-electron chi connectivity index (χ3n) is 3.98. The lowest BCUT2D eigenvalue weighted by molar-refractivity contribution is 0.184. The van der Waals surface area contributed by atoms with Gasteiger partial charge in [0, 0.05) is 36.9 Å². The Kier molecular flexibility index (Phi) is 3.22. The summed E-state index contributed by atoms with van der Waals surface area (Å²) in [5.74, 6) is 0. The first-order valence-electron chi connectivity index (χ1n) is 7.06. The number of hydrogen-bond donors (Lipinski definition) is 1. The van der Waals surface area contributed by atoms with Crippen molar-refractivity contribution < 1.29 is 0 Å². The normalized spacial score (nSPS) is 17.7. The minimum absolute atomic E-state index is 0.149. The average molecular weight is 267 g/mol. The van der Waals surface area contributed by atoms with Crippen LogP contribution in [-0.2, 0) is 18.5 Å². The minimum atomic E-state index is 0.149. The predicted molar refractivity (Wildman–Crippen MR) is 82.2 cm³/mol. The molecule has 0 aliphatic carbocycles. The lowest BCUT2D eigenvalue weighted by Gasteiger charge is -2.40. The zero-order valence-electron chi connectivity index (χ0n) is 12.1. The van der Waals surface area contributed by atoms with Gasteiger partial charge in [-0.1, -0.05) is 26.0 Å². The Morgan fingerprint density at radius 2 is 2.10 bits per heavy atom. The van der Waals surface area contributed by atoms with Gasteiger partial charge in [-0.3, -0.25) is 9.88 Å². The SMILES string of the molecule is CC1(C)CN(Cc2ccccn2)Cc2cc(N)ccc21. The summed E-state index contributed by atoms with van der Waals surface area (Å²) in [6.45, 7) is 7.47. The second-order valence-corrected chi connectivity index (χ2v) is 6.27. The predicted octanol–water partition coefficient (Wildman–Crippen LogP) is 2.96. The van der Waals surface area contributed by atoms with Gasteiger partial charge in [0.05, 0.1) is 5.69 Å². The standard InChI is InChI=1S/C17H21N3/c1-17(2)12-20(11-15-5-3-4-8-19-15)10-13-9-14(18)6-7-16(13)17/h3-9H,10-12,18H2,1-2H3. The molecule has 2 heterocycles. The Morgan fingerprint density at radius 1 is 1.25 bits per heavy atom. The molecule has 3 rings (SSSR count). The first-order chi connectivity index (χ1) is 9.54. The van der Waals surface area contributed by atoms with E-state index in [1.54, 1.807) is 0 Å². The number of benzene rings is 1. The maximum atomic E-state index is 5.94. The van der Waals surface area contributed by atoms with Crippen LogP contribution in [0.4, 0.5) is 5.69 Å². The topological polar surface area (TPSA) is 42.2 Å². The lowest BCUT2D eigenvalue weighted by Crippen LogP contribution is -2.41. The van der Waals surface area contributed by atoms with E-state index in [9.17, 15) is 0 Å². The van der Waals surface area contributed by atoms with Crippen LogP contribution in [0.3, 0.4) is 0 Å². The second kappa shape index (κ2) is 4.91. The van der Waals surface area contributed by atoms with Crippen LogP contribution < -0.4 is 5.73 Å². The van der Waals surface area contributed by atoms with Crippen molar-refractivity contribution in [2.45, 2.75) is 32.4 Å². The van der Waals surface area contributed by atoms with Crippen molar-refractivity contribution in [3.8, 4) is 0 Å². The summed E-state index contributed by atoms with van der Waals surface area (Å²) in [6, 6.07) is 12.4. The number of anilines is 1. The van der Waals surface area contributed by atoms with E-state index in [-0.39, 0.29) is 5.41 Å². The number of rotatable bonds is 2. The van der Waals surface area contributed by atoms with Crippen LogP contribution in [-0.4, -0.2) is 16.4 Å². The van der Waals surface area contributed by atoms with Crippen molar-refractivity contribution in [1.29, 1.82) is 0 Å². The van der Waals surface area contributed by atoms with E-state index in [2.05, 4.69) is 41.9 Å². The van der Waals surface area contributed by atoms with Crippen molar-refractivity contribution in [2.24, 2.45) is 0 Å². The molecule has 1 aliphatic heterocycles. The molecule has 0 bridgehead atoms. The largest absolute Gasteiger partial charge is 0.399 e. The first kappa shape index (κ1) is 13.1. The second-order valence-electron chi connectivity index (χ2n) is 6.27. The third kappa shape index (κ3) is 2.54. The number of nitrogens with two attached hydrogens (primary N) is 1. The number of pyridine rings is 1. The monoisotopic (exact) mass is 267 g/mol. The Balaban J connectivity index is 1.87. The highest BCUT2D eigenvalue weighted by Gasteiger charge is 2.31. The molecular weight excluding hydrogens is 246 g/mol. The molecule has 2 aromatic rings. The van der Waals surface area contributed by atoms with Gasteiger partial charge in [-0.15, -0.1) is 0 Å². The molecule has 0 saturated heterocycles. The van der Waals surface area contributed by atoms with E-state index < -0.39 is 0 Å². The van der Waals surface area contributed by atoms with Gasteiger partial charge in [0.1, 0.15) is 0 Å². The molecule has 1 aromatic heterocycles. The number of nitrogens with zero attached hydrogens (tertiary/aromatic N) is 2. The highest BCUT2D eigenvalue weighted by molar-refractivity contribution is 5.48. The fourth-order valence-corrected chi connectivity index (χ4v) is 3.18. The molecule has 3 heteroatoms. The van der Waals surface area contributed by atoms with Gasteiger partial charge in [0.2, 0.25) is 0 Å². The molecular formula is C17H21N3. The maximum Gasteiger partial charge on any atom is 0.0544 e. The first-order valence-corrected chi connectivity index (χ1v) is 7.06. The van der Waals surface area contributed by atoms with Gasteiger partial charge >= 0.3 is 0 Å². The smallest absolute Gasteiger partial charge is 0.0544 e. The number of hydrogen-bond acceptors (Lipinski definition) is 3. The number of fused-ring (bicyclic) bond motifs is 1. The fraction of sp³-hybridized carbons (Fsp3) is 0.353.